The van der Waals surface area contributed by atoms with Crippen LogP contribution < -0.4 is 15.6 Å². The number of carbonyl (C=O) groups is 1. The lowest BCUT2D eigenvalue weighted by molar-refractivity contribution is -0.120. The van der Waals surface area contributed by atoms with Crippen LogP contribution in [0.1, 0.15) is 42.6 Å². The molecule has 2 N–H and O–H groups in total. The average molecular weight is 447 g/mol. The van der Waals surface area contributed by atoms with Gasteiger partial charge in [-0.3, -0.25) is 9.59 Å². The molecule has 0 spiro atoms. The number of amides is 1. The van der Waals surface area contributed by atoms with Crippen molar-refractivity contribution >= 4 is 39.2 Å². The van der Waals surface area contributed by atoms with Crippen molar-refractivity contribution in [2.45, 2.75) is 58.3 Å². The van der Waals surface area contributed by atoms with E-state index < -0.39 is 0 Å². The third-order valence-corrected chi connectivity index (χ3v) is 6.80. The summed E-state index contributed by atoms with van der Waals surface area (Å²) in [4.78, 5) is 38.3. The zero-order chi connectivity index (χ0) is 21.8. The predicted molar refractivity (Wildman–Crippen MR) is 122 cm³/mol. The number of hydrogen-bond donors (Lipinski definition) is 2. The quantitative estimate of drug-likeness (QED) is 0.547. The Balaban J connectivity index is 1.53. The first-order chi connectivity index (χ1) is 14.2. The van der Waals surface area contributed by atoms with Crippen molar-refractivity contribution < 1.29 is 9.53 Å². The standard InChI is InChI=1S/C21H26N4O3S2/c1-11(2)28-17-7-6-15(8-22-17)9-23-19(26)14(5)29-10-16-24-20(27)18-12(3)13(4)30-21(18)25-16/h6-8,11,14H,9-10H2,1-5H3,(H,23,26)(H,24,25,27). The van der Waals surface area contributed by atoms with Crippen LogP contribution in [-0.2, 0) is 17.1 Å². The molecule has 0 saturated heterocycles. The van der Waals surface area contributed by atoms with Gasteiger partial charge >= 0.3 is 0 Å². The summed E-state index contributed by atoms with van der Waals surface area (Å²) >= 11 is 2.96. The van der Waals surface area contributed by atoms with Crippen LogP contribution >= 0.6 is 23.1 Å². The number of nitrogens with one attached hydrogen (secondary N) is 2. The molecular weight excluding hydrogens is 420 g/mol. The number of pyridine rings is 1. The van der Waals surface area contributed by atoms with Crippen molar-refractivity contribution in [2.24, 2.45) is 0 Å². The molecule has 0 aliphatic rings. The van der Waals surface area contributed by atoms with E-state index >= 15 is 0 Å². The summed E-state index contributed by atoms with van der Waals surface area (Å²) in [6.45, 7) is 10.1. The summed E-state index contributed by atoms with van der Waals surface area (Å²) in [5, 5.41) is 3.30. The molecule has 7 nitrogen and oxygen atoms in total. The third kappa shape index (κ3) is 5.40. The van der Waals surface area contributed by atoms with E-state index in [0.717, 1.165) is 20.8 Å². The molecule has 0 aliphatic heterocycles. The first kappa shape index (κ1) is 22.3. The van der Waals surface area contributed by atoms with Crippen molar-refractivity contribution in [3.05, 3.63) is 50.5 Å². The number of fused-ring (bicyclic) bond motifs is 1. The maximum absolute atomic E-state index is 12.4. The summed E-state index contributed by atoms with van der Waals surface area (Å²) in [5.74, 6) is 1.54. The monoisotopic (exact) mass is 446 g/mol. The third-order valence-electron chi connectivity index (χ3n) is 4.55. The second-order valence-corrected chi connectivity index (χ2v) is 9.85. The topological polar surface area (TPSA) is 97.0 Å². The fourth-order valence-corrected chi connectivity index (χ4v) is 4.63. The van der Waals surface area contributed by atoms with Gasteiger partial charge in [-0.1, -0.05) is 6.07 Å². The number of hydrogen-bond acceptors (Lipinski definition) is 7. The van der Waals surface area contributed by atoms with Gasteiger partial charge in [0.2, 0.25) is 11.8 Å². The highest BCUT2D eigenvalue weighted by Crippen LogP contribution is 2.26. The Morgan fingerprint density at radius 3 is 2.73 bits per heavy atom. The molecular formula is C21H26N4O3S2. The van der Waals surface area contributed by atoms with E-state index in [1.54, 1.807) is 12.3 Å². The molecule has 3 aromatic heterocycles. The molecule has 3 aromatic rings. The van der Waals surface area contributed by atoms with Crippen molar-refractivity contribution in [3.8, 4) is 5.88 Å². The number of H-pyrrole nitrogens is 1. The van der Waals surface area contributed by atoms with Gasteiger partial charge < -0.3 is 15.0 Å². The summed E-state index contributed by atoms with van der Waals surface area (Å²) in [6.07, 6.45) is 1.77. The predicted octanol–water partition coefficient (Wildman–Crippen LogP) is 3.72. The summed E-state index contributed by atoms with van der Waals surface area (Å²) in [6, 6.07) is 3.68. The second-order valence-electron chi connectivity index (χ2n) is 7.32. The normalized spacial score (nSPS) is 12.3. The summed E-state index contributed by atoms with van der Waals surface area (Å²) < 4.78 is 5.52. The number of aromatic amines is 1. The molecule has 30 heavy (non-hydrogen) atoms. The Morgan fingerprint density at radius 2 is 2.07 bits per heavy atom. The fourth-order valence-electron chi connectivity index (χ4n) is 2.81. The molecule has 3 heterocycles. The van der Waals surface area contributed by atoms with Gasteiger partial charge in [0.1, 0.15) is 10.7 Å². The van der Waals surface area contributed by atoms with E-state index in [1.807, 2.05) is 40.7 Å². The Kier molecular flexibility index (Phi) is 7.14. The average Bonchev–Trinajstić information content (AvgIpc) is 2.99. The van der Waals surface area contributed by atoms with Crippen molar-refractivity contribution in [2.75, 3.05) is 0 Å². The van der Waals surface area contributed by atoms with E-state index in [-0.39, 0.29) is 22.8 Å². The molecule has 0 bridgehead atoms. The van der Waals surface area contributed by atoms with Gasteiger partial charge in [-0.15, -0.1) is 23.1 Å². The minimum Gasteiger partial charge on any atom is -0.475 e. The van der Waals surface area contributed by atoms with Crippen LogP contribution in [0.2, 0.25) is 0 Å². The first-order valence-electron chi connectivity index (χ1n) is 9.74. The van der Waals surface area contributed by atoms with Gasteiger partial charge in [0.15, 0.2) is 0 Å². The Hall–Kier alpha value is -2.39. The van der Waals surface area contributed by atoms with Crippen molar-refractivity contribution in [1.29, 1.82) is 0 Å². The minimum atomic E-state index is -0.283. The van der Waals surface area contributed by atoms with Gasteiger partial charge in [0.05, 0.1) is 22.5 Å². The van der Waals surface area contributed by atoms with Crippen molar-refractivity contribution in [1.82, 2.24) is 20.3 Å². The molecule has 0 radical (unpaired) electrons. The number of thioether (sulfide) groups is 1. The van der Waals surface area contributed by atoms with E-state index in [1.165, 1.54) is 23.1 Å². The van der Waals surface area contributed by atoms with Gasteiger partial charge in [-0.05, 0) is 45.7 Å². The summed E-state index contributed by atoms with van der Waals surface area (Å²) in [5.41, 5.74) is 1.76. The van der Waals surface area contributed by atoms with Crippen LogP contribution in [0.25, 0.3) is 10.2 Å². The van der Waals surface area contributed by atoms with Crippen LogP contribution in [-0.4, -0.2) is 32.2 Å². The van der Waals surface area contributed by atoms with Gasteiger partial charge in [0.25, 0.3) is 5.56 Å². The van der Waals surface area contributed by atoms with E-state index in [4.69, 9.17) is 4.74 Å². The van der Waals surface area contributed by atoms with Crippen LogP contribution in [0.3, 0.4) is 0 Å². The van der Waals surface area contributed by atoms with Crippen LogP contribution in [0.15, 0.2) is 23.1 Å². The molecule has 3 rings (SSSR count). The van der Waals surface area contributed by atoms with Gasteiger partial charge in [-0.2, -0.15) is 0 Å². The first-order valence-corrected chi connectivity index (χ1v) is 11.6. The Bertz CT molecular complexity index is 1090. The number of thiophene rings is 1. The highest BCUT2D eigenvalue weighted by atomic mass is 32.2. The highest BCUT2D eigenvalue weighted by Gasteiger charge is 2.16. The number of nitrogens with zero attached hydrogens (tertiary/aromatic N) is 2. The highest BCUT2D eigenvalue weighted by molar-refractivity contribution is 7.99. The molecule has 0 aromatic carbocycles. The second kappa shape index (κ2) is 9.61. The zero-order valence-electron chi connectivity index (χ0n) is 17.7. The molecule has 0 saturated carbocycles. The van der Waals surface area contributed by atoms with E-state index in [0.29, 0.717) is 29.4 Å². The lowest BCUT2D eigenvalue weighted by Gasteiger charge is -2.12. The maximum Gasteiger partial charge on any atom is 0.259 e. The maximum atomic E-state index is 12.4. The number of carbonyl (C=O) groups excluding carboxylic acids is 1. The number of rotatable bonds is 8. The molecule has 0 fully saturated rings. The molecule has 1 amide bonds. The largest absolute Gasteiger partial charge is 0.475 e. The van der Waals surface area contributed by atoms with Gasteiger partial charge in [-0.25, -0.2) is 9.97 Å². The summed E-state index contributed by atoms with van der Waals surface area (Å²) in [7, 11) is 0. The Labute approximate surface area is 183 Å². The molecule has 9 heteroatoms. The number of aryl methyl sites for hydroxylation is 2. The zero-order valence-corrected chi connectivity index (χ0v) is 19.4. The van der Waals surface area contributed by atoms with E-state index in [2.05, 4.69) is 20.3 Å². The molecule has 0 aliphatic carbocycles. The SMILES string of the molecule is Cc1sc2nc(CSC(C)C(=O)NCc3ccc(OC(C)C)nc3)[nH]c(=O)c2c1C. The fraction of sp³-hybridized carbons (Fsp3) is 0.429. The molecule has 1 atom stereocenters. The lowest BCUT2D eigenvalue weighted by Crippen LogP contribution is -2.30. The van der Waals surface area contributed by atoms with Gasteiger partial charge in [0, 0.05) is 23.7 Å². The van der Waals surface area contributed by atoms with E-state index in [9.17, 15) is 9.59 Å². The van der Waals surface area contributed by atoms with Crippen LogP contribution in [0, 0.1) is 13.8 Å². The molecule has 160 valence electrons. The van der Waals surface area contributed by atoms with Crippen LogP contribution in [0.5, 0.6) is 5.88 Å². The van der Waals surface area contributed by atoms with Crippen LogP contribution in [0.4, 0.5) is 0 Å². The minimum absolute atomic E-state index is 0.0685. The number of aromatic nitrogens is 3. The lowest BCUT2D eigenvalue weighted by atomic mass is 10.2. The smallest absolute Gasteiger partial charge is 0.259 e. The van der Waals surface area contributed by atoms with Crippen molar-refractivity contribution in [3.63, 3.8) is 0 Å². The molecule has 1 unspecified atom stereocenters. The Morgan fingerprint density at radius 1 is 1.30 bits per heavy atom. The number of ether oxygens (including phenoxy) is 1.